The third-order valence-electron chi connectivity index (χ3n) is 2.70. The second-order valence-corrected chi connectivity index (χ2v) is 6.37. The van der Waals surface area contributed by atoms with E-state index < -0.39 is 12.6 Å². The Bertz CT molecular complexity index is 206. The first-order chi connectivity index (χ1) is 7.49. The number of hydrogen-bond acceptors (Lipinski definition) is 1. The van der Waals surface area contributed by atoms with Gasteiger partial charge in [-0.15, -0.1) is 0 Å². The van der Waals surface area contributed by atoms with E-state index in [0.717, 1.165) is 12.8 Å². The van der Waals surface area contributed by atoms with E-state index in [-0.39, 0.29) is 17.9 Å². The summed E-state index contributed by atoms with van der Waals surface area (Å²) in [5.41, 5.74) is 6.11. The van der Waals surface area contributed by atoms with Gasteiger partial charge in [0.1, 0.15) is 0 Å². The van der Waals surface area contributed by atoms with Gasteiger partial charge < -0.3 is 5.73 Å². The second kappa shape index (κ2) is 6.62. The van der Waals surface area contributed by atoms with Gasteiger partial charge >= 0.3 is 6.18 Å². The van der Waals surface area contributed by atoms with Gasteiger partial charge in [0.2, 0.25) is 0 Å². The third-order valence-corrected chi connectivity index (χ3v) is 2.70. The molecule has 0 amide bonds. The van der Waals surface area contributed by atoms with Crippen LogP contribution in [0.15, 0.2) is 0 Å². The van der Waals surface area contributed by atoms with Gasteiger partial charge in [0.05, 0.1) is 0 Å². The molecule has 104 valence electrons. The number of rotatable bonds is 6. The van der Waals surface area contributed by atoms with Crippen LogP contribution in [0, 0.1) is 11.3 Å². The standard InChI is InChI=1S/C13H26F3N/c1-10(9-12(2,3)4)8-11(17)6-5-7-13(14,15)16/h10-11H,5-9,17H2,1-4H3. The van der Waals surface area contributed by atoms with Crippen LogP contribution in [0.3, 0.4) is 0 Å². The Hall–Kier alpha value is -0.250. The summed E-state index contributed by atoms with van der Waals surface area (Å²) in [6.07, 6.45) is -2.28. The minimum atomic E-state index is -4.04. The molecule has 0 spiro atoms. The van der Waals surface area contributed by atoms with Crippen LogP contribution >= 0.6 is 0 Å². The van der Waals surface area contributed by atoms with Crippen molar-refractivity contribution in [3.05, 3.63) is 0 Å². The normalized spacial score (nSPS) is 16.9. The molecule has 0 saturated carbocycles. The summed E-state index contributed by atoms with van der Waals surface area (Å²) in [4.78, 5) is 0. The lowest BCUT2D eigenvalue weighted by Crippen LogP contribution is -2.25. The van der Waals surface area contributed by atoms with E-state index in [1.807, 2.05) is 0 Å². The zero-order chi connectivity index (χ0) is 13.7. The first kappa shape index (κ1) is 16.8. The predicted molar refractivity (Wildman–Crippen MR) is 65.7 cm³/mol. The Balaban J connectivity index is 3.75. The maximum Gasteiger partial charge on any atom is 0.389 e. The van der Waals surface area contributed by atoms with Gasteiger partial charge in [-0.2, -0.15) is 13.2 Å². The molecule has 4 heteroatoms. The summed E-state index contributed by atoms with van der Waals surface area (Å²) >= 11 is 0. The lowest BCUT2D eigenvalue weighted by atomic mass is 9.82. The summed E-state index contributed by atoms with van der Waals surface area (Å²) < 4.78 is 35.9. The average molecular weight is 253 g/mol. The zero-order valence-corrected chi connectivity index (χ0v) is 11.4. The Morgan fingerprint density at radius 3 is 2.06 bits per heavy atom. The third kappa shape index (κ3) is 12.0. The summed E-state index contributed by atoms with van der Waals surface area (Å²) in [7, 11) is 0. The average Bonchev–Trinajstić information content (AvgIpc) is 1.96. The van der Waals surface area contributed by atoms with Crippen LogP contribution in [-0.2, 0) is 0 Å². The van der Waals surface area contributed by atoms with Crippen molar-refractivity contribution in [2.75, 3.05) is 0 Å². The highest BCUT2D eigenvalue weighted by molar-refractivity contribution is 4.71. The molecule has 1 nitrogen and oxygen atoms in total. The van der Waals surface area contributed by atoms with Crippen molar-refractivity contribution < 1.29 is 13.2 Å². The van der Waals surface area contributed by atoms with Crippen LogP contribution in [0.2, 0.25) is 0 Å². The van der Waals surface area contributed by atoms with Crippen molar-refractivity contribution in [1.29, 1.82) is 0 Å². The molecule has 0 aliphatic carbocycles. The Kier molecular flexibility index (Phi) is 6.52. The van der Waals surface area contributed by atoms with Gasteiger partial charge in [-0.25, -0.2) is 0 Å². The van der Waals surface area contributed by atoms with E-state index in [4.69, 9.17) is 5.73 Å². The molecule has 2 N–H and O–H groups in total. The number of halogens is 3. The predicted octanol–water partition coefficient (Wildman–Crippen LogP) is 4.51. The highest BCUT2D eigenvalue weighted by atomic mass is 19.4. The largest absolute Gasteiger partial charge is 0.389 e. The smallest absolute Gasteiger partial charge is 0.328 e. The summed E-state index contributed by atoms with van der Waals surface area (Å²) in [6, 6.07) is -0.102. The van der Waals surface area contributed by atoms with E-state index in [1.165, 1.54) is 0 Å². The van der Waals surface area contributed by atoms with Crippen molar-refractivity contribution >= 4 is 0 Å². The molecule has 0 aliphatic rings. The van der Waals surface area contributed by atoms with Crippen LogP contribution in [0.4, 0.5) is 13.2 Å². The van der Waals surface area contributed by atoms with Crippen molar-refractivity contribution in [2.45, 2.75) is 72.0 Å². The summed E-state index contributed by atoms with van der Waals surface area (Å²) in [5.74, 6) is 0.468. The first-order valence-corrected chi connectivity index (χ1v) is 6.32. The highest BCUT2D eigenvalue weighted by Crippen LogP contribution is 2.28. The quantitative estimate of drug-likeness (QED) is 0.740. The topological polar surface area (TPSA) is 26.0 Å². The Labute approximate surface area is 103 Å². The molecule has 0 rings (SSSR count). The molecular formula is C13H26F3N. The van der Waals surface area contributed by atoms with Crippen LogP contribution in [-0.4, -0.2) is 12.2 Å². The number of alkyl halides is 3. The fourth-order valence-electron chi connectivity index (χ4n) is 2.33. The fourth-order valence-corrected chi connectivity index (χ4v) is 2.33. The minimum Gasteiger partial charge on any atom is -0.328 e. The van der Waals surface area contributed by atoms with E-state index >= 15 is 0 Å². The van der Waals surface area contributed by atoms with Gasteiger partial charge in [-0.1, -0.05) is 27.7 Å². The zero-order valence-electron chi connectivity index (χ0n) is 11.4. The molecule has 0 fully saturated rings. The van der Waals surface area contributed by atoms with Crippen molar-refractivity contribution in [3.8, 4) is 0 Å². The molecule has 0 saturated heterocycles. The molecule has 2 atom stereocenters. The molecule has 0 aromatic rings. The van der Waals surface area contributed by atoms with Crippen LogP contribution in [0.5, 0.6) is 0 Å². The molecule has 0 bridgehead atoms. The summed E-state index contributed by atoms with van der Waals surface area (Å²) in [6.45, 7) is 8.62. The van der Waals surface area contributed by atoms with E-state index in [9.17, 15) is 13.2 Å². The van der Waals surface area contributed by atoms with Crippen molar-refractivity contribution in [3.63, 3.8) is 0 Å². The highest BCUT2D eigenvalue weighted by Gasteiger charge is 2.26. The molecule has 0 heterocycles. The molecule has 0 aromatic carbocycles. The van der Waals surface area contributed by atoms with E-state index in [1.54, 1.807) is 0 Å². The van der Waals surface area contributed by atoms with Crippen LogP contribution < -0.4 is 5.73 Å². The summed E-state index contributed by atoms with van der Waals surface area (Å²) in [5, 5.41) is 0. The van der Waals surface area contributed by atoms with Crippen LogP contribution in [0.1, 0.15) is 59.8 Å². The lowest BCUT2D eigenvalue weighted by molar-refractivity contribution is -0.135. The van der Waals surface area contributed by atoms with E-state index in [0.29, 0.717) is 12.3 Å². The number of hydrogen-bond donors (Lipinski definition) is 1. The molecular weight excluding hydrogens is 227 g/mol. The minimum absolute atomic E-state index is 0.102. The van der Waals surface area contributed by atoms with Gasteiger partial charge in [0.25, 0.3) is 0 Å². The molecule has 0 aromatic heterocycles. The van der Waals surface area contributed by atoms with Gasteiger partial charge in [0, 0.05) is 12.5 Å². The molecule has 2 unspecified atom stereocenters. The van der Waals surface area contributed by atoms with Gasteiger partial charge in [-0.3, -0.25) is 0 Å². The van der Waals surface area contributed by atoms with Crippen LogP contribution in [0.25, 0.3) is 0 Å². The SMILES string of the molecule is CC(CC(N)CCCC(F)(F)F)CC(C)(C)C. The van der Waals surface area contributed by atoms with Crippen molar-refractivity contribution in [2.24, 2.45) is 17.1 Å². The van der Waals surface area contributed by atoms with Gasteiger partial charge in [0.15, 0.2) is 0 Å². The van der Waals surface area contributed by atoms with Gasteiger partial charge in [-0.05, 0) is 37.0 Å². The Morgan fingerprint density at radius 1 is 1.12 bits per heavy atom. The maximum absolute atomic E-state index is 12.0. The molecule has 0 radical (unpaired) electrons. The first-order valence-electron chi connectivity index (χ1n) is 6.32. The maximum atomic E-state index is 12.0. The van der Waals surface area contributed by atoms with E-state index in [2.05, 4.69) is 27.7 Å². The monoisotopic (exact) mass is 253 g/mol. The fraction of sp³-hybridized carbons (Fsp3) is 1.00. The molecule has 0 aliphatic heterocycles. The lowest BCUT2D eigenvalue weighted by Gasteiger charge is -2.25. The Morgan fingerprint density at radius 2 is 1.65 bits per heavy atom. The second-order valence-electron chi connectivity index (χ2n) is 6.37. The molecule has 17 heavy (non-hydrogen) atoms. The van der Waals surface area contributed by atoms with Crippen molar-refractivity contribution in [1.82, 2.24) is 0 Å². The number of nitrogens with two attached hydrogens (primary N) is 1.